The maximum atomic E-state index is 12.4. The summed E-state index contributed by atoms with van der Waals surface area (Å²) in [6.45, 7) is 4.18. The Morgan fingerprint density at radius 2 is 1.86 bits per heavy atom. The van der Waals surface area contributed by atoms with Crippen molar-refractivity contribution in [3.05, 3.63) is 76.3 Å². The lowest BCUT2D eigenvalue weighted by molar-refractivity contribution is -0.142. The van der Waals surface area contributed by atoms with Crippen LogP contribution in [-0.4, -0.2) is 18.9 Å². The van der Waals surface area contributed by atoms with Crippen LogP contribution in [0.1, 0.15) is 54.7 Å². The van der Waals surface area contributed by atoms with Gasteiger partial charge in [0.15, 0.2) is 0 Å². The van der Waals surface area contributed by atoms with E-state index in [2.05, 4.69) is 22.5 Å². The first kappa shape index (κ1) is 21.5. The van der Waals surface area contributed by atoms with Crippen molar-refractivity contribution < 1.29 is 14.3 Å². The second kappa shape index (κ2) is 10.0. The van der Waals surface area contributed by atoms with Crippen molar-refractivity contribution in [1.29, 1.82) is 0 Å². The van der Waals surface area contributed by atoms with Crippen molar-refractivity contribution in [2.45, 2.75) is 44.4 Å². The summed E-state index contributed by atoms with van der Waals surface area (Å²) in [5, 5.41) is 0. The highest BCUT2D eigenvalue weighted by Crippen LogP contribution is 2.30. The first-order chi connectivity index (χ1) is 14.0. The minimum atomic E-state index is -0.325. The fraction of sp³-hybridized carbons (Fsp3) is 0.360. The number of Topliss-reactive ketones (excluding diaryl/α,β-unsaturated/α-hetero) is 1. The summed E-state index contributed by atoms with van der Waals surface area (Å²) in [6.07, 6.45) is 4.86. The van der Waals surface area contributed by atoms with Gasteiger partial charge in [-0.25, -0.2) is 0 Å². The van der Waals surface area contributed by atoms with Gasteiger partial charge >= 0.3 is 5.97 Å². The number of methoxy groups -OCH3 is 1. The highest BCUT2D eigenvalue weighted by molar-refractivity contribution is 9.10. The van der Waals surface area contributed by atoms with E-state index in [0.29, 0.717) is 18.6 Å². The smallest absolute Gasteiger partial charge is 0.313 e. The van der Waals surface area contributed by atoms with Gasteiger partial charge in [0.1, 0.15) is 5.78 Å². The van der Waals surface area contributed by atoms with Crippen LogP contribution in [0, 0.1) is 5.92 Å². The number of ether oxygens (including phenoxy) is 1. The zero-order valence-electron chi connectivity index (χ0n) is 16.8. The van der Waals surface area contributed by atoms with Gasteiger partial charge in [-0.15, -0.1) is 0 Å². The van der Waals surface area contributed by atoms with Crippen LogP contribution in [0.4, 0.5) is 0 Å². The van der Waals surface area contributed by atoms with Crippen molar-refractivity contribution in [3.8, 4) is 0 Å². The maximum Gasteiger partial charge on any atom is 0.313 e. The minimum absolute atomic E-state index is 0.159. The van der Waals surface area contributed by atoms with Crippen LogP contribution in [0.3, 0.4) is 0 Å². The highest BCUT2D eigenvalue weighted by Gasteiger charge is 2.25. The molecule has 0 heterocycles. The normalized spacial score (nSPS) is 17.2. The molecule has 152 valence electrons. The Hall–Kier alpha value is -2.20. The average molecular weight is 455 g/mol. The number of hydrogen-bond donors (Lipinski definition) is 0. The molecule has 1 saturated carbocycles. The number of esters is 1. The van der Waals surface area contributed by atoms with Crippen LogP contribution < -0.4 is 0 Å². The number of benzene rings is 2. The Labute approximate surface area is 181 Å². The summed E-state index contributed by atoms with van der Waals surface area (Å²) in [5.74, 6) is -0.0128. The molecule has 2 unspecified atom stereocenters. The molecule has 0 spiro atoms. The van der Waals surface area contributed by atoms with E-state index in [1.807, 2.05) is 48.5 Å². The van der Waals surface area contributed by atoms with Crippen LogP contribution >= 0.6 is 15.9 Å². The number of ketones is 1. The summed E-state index contributed by atoms with van der Waals surface area (Å²) in [7, 11) is 1.43. The predicted octanol–water partition coefficient (Wildman–Crippen LogP) is 6.11. The number of rotatable bonds is 8. The Morgan fingerprint density at radius 1 is 1.17 bits per heavy atom. The summed E-state index contributed by atoms with van der Waals surface area (Å²) in [6, 6.07) is 16.1. The topological polar surface area (TPSA) is 43.4 Å². The predicted molar refractivity (Wildman–Crippen MR) is 120 cm³/mol. The number of carbonyl (C=O) groups is 2. The Balaban J connectivity index is 1.66. The van der Waals surface area contributed by atoms with Crippen LogP contribution in [-0.2, 0) is 20.7 Å². The third kappa shape index (κ3) is 5.66. The summed E-state index contributed by atoms with van der Waals surface area (Å²) < 4.78 is 6.08. The molecule has 0 bridgehead atoms. The SMILES string of the molecule is C=C(CCC(C(=O)OC)c1ccc(CC2CCCC2=O)cc1)c1ccc(Br)cc1. The third-order valence-corrected chi connectivity index (χ3v) is 6.30. The molecule has 0 radical (unpaired) electrons. The van der Waals surface area contributed by atoms with E-state index in [0.717, 1.165) is 52.4 Å². The fourth-order valence-corrected chi connectivity index (χ4v) is 4.25. The van der Waals surface area contributed by atoms with E-state index in [4.69, 9.17) is 4.74 Å². The molecule has 1 aliphatic rings. The number of carbonyl (C=O) groups excluding carboxylic acids is 2. The van der Waals surface area contributed by atoms with E-state index in [9.17, 15) is 9.59 Å². The molecule has 0 aliphatic heterocycles. The van der Waals surface area contributed by atoms with Gasteiger partial charge in [-0.05, 0) is 66.5 Å². The van der Waals surface area contributed by atoms with Gasteiger partial charge < -0.3 is 4.74 Å². The van der Waals surface area contributed by atoms with Gasteiger partial charge in [0.05, 0.1) is 13.0 Å². The van der Waals surface area contributed by atoms with Crippen molar-refractivity contribution in [3.63, 3.8) is 0 Å². The van der Waals surface area contributed by atoms with Crippen LogP contribution in [0.2, 0.25) is 0 Å². The molecule has 2 aromatic rings. The largest absolute Gasteiger partial charge is 0.469 e. The summed E-state index contributed by atoms with van der Waals surface area (Å²) >= 11 is 3.44. The van der Waals surface area contributed by atoms with Crippen molar-refractivity contribution >= 4 is 33.3 Å². The highest BCUT2D eigenvalue weighted by atomic mass is 79.9. The number of allylic oxidation sites excluding steroid dienone is 1. The lowest BCUT2D eigenvalue weighted by Crippen LogP contribution is -2.15. The molecule has 2 atom stereocenters. The second-order valence-electron chi connectivity index (χ2n) is 7.73. The molecular formula is C25H27BrO3. The molecule has 4 heteroatoms. The van der Waals surface area contributed by atoms with Gasteiger partial charge in [0.2, 0.25) is 0 Å². The molecule has 0 aromatic heterocycles. The summed E-state index contributed by atoms with van der Waals surface area (Å²) in [5.41, 5.74) is 4.18. The number of halogens is 1. The monoisotopic (exact) mass is 454 g/mol. The van der Waals surface area contributed by atoms with E-state index < -0.39 is 0 Å². The molecule has 0 N–H and O–H groups in total. The molecule has 0 amide bonds. The minimum Gasteiger partial charge on any atom is -0.469 e. The van der Waals surface area contributed by atoms with Gasteiger partial charge in [-0.1, -0.05) is 58.9 Å². The molecule has 1 aliphatic carbocycles. The Kier molecular flexibility index (Phi) is 7.43. The molecule has 3 rings (SSSR count). The van der Waals surface area contributed by atoms with Gasteiger partial charge in [-0.2, -0.15) is 0 Å². The first-order valence-electron chi connectivity index (χ1n) is 10.1. The quantitative estimate of drug-likeness (QED) is 0.451. The standard InChI is InChI=1S/C25H27BrO3/c1-17(19-11-13-22(26)14-12-19)6-15-23(25(28)29-2)20-9-7-18(8-10-20)16-21-4-3-5-24(21)27/h7-14,21,23H,1,3-6,15-16H2,2H3. The van der Waals surface area contributed by atoms with E-state index in [1.54, 1.807) is 0 Å². The van der Waals surface area contributed by atoms with Crippen LogP contribution in [0.25, 0.3) is 5.57 Å². The lowest BCUT2D eigenvalue weighted by Gasteiger charge is -2.17. The molecule has 0 saturated heterocycles. The van der Waals surface area contributed by atoms with E-state index >= 15 is 0 Å². The average Bonchev–Trinajstić information content (AvgIpc) is 3.13. The summed E-state index contributed by atoms with van der Waals surface area (Å²) in [4.78, 5) is 24.3. The first-order valence-corrected chi connectivity index (χ1v) is 10.9. The lowest BCUT2D eigenvalue weighted by atomic mass is 9.89. The molecule has 2 aromatic carbocycles. The van der Waals surface area contributed by atoms with Gasteiger partial charge in [-0.3, -0.25) is 9.59 Å². The molecule has 3 nitrogen and oxygen atoms in total. The van der Waals surface area contributed by atoms with Crippen molar-refractivity contribution in [2.24, 2.45) is 5.92 Å². The fourth-order valence-electron chi connectivity index (χ4n) is 3.99. The van der Waals surface area contributed by atoms with E-state index in [1.165, 1.54) is 7.11 Å². The van der Waals surface area contributed by atoms with E-state index in [-0.39, 0.29) is 17.8 Å². The zero-order chi connectivity index (χ0) is 20.8. The molecule has 29 heavy (non-hydrogen) atoms. The van der Waals surface area contributed by atoms with Gasteiger partial charge in [0, 0.05) is 16.8 Å². The third-order valence-electron chi connectivity index (χ3n) is 5.77. The van der Waals surface area contributed by atoms with Crippen LogP contribution in [0.5, 0.6) is 0 Å². The Bertz CT molecular complexity index is 868. The second-order valence-corrected chi connectivity index (χ2v) is 8.64. The zero-order valence-corrected chi connectivity index (χ0v) is 18.4. The maximum absolute atomic E-state index is 12.4. The molecule has 1 fully saturated rings. The van der Waals surface area contributed by atoms with Crippen LogP contribution in [0.15, 0.2) is 59.6 Å². The molecular weight excluding hydrogens is 428 g/mol. The Morgan fingerprint density at radius 3 is 2.45 bits per heavy atom. The van der Waals surface area contributed by atoms with Gasteiger partial charge in [0.25, 0.3) is 0 Å². The van der Waals surface area contributed by atoms with Crippen molar-refractivity contribution in [2.75, 3.05) is 7.11 Å². The van der Waals surface area contributed by atoms with Crippen molar-refractivity contribution in [1.82, 2.24) is 0 Å². The number of hydrogen-bond acceptors (Lipinski definition) is 3.